The maximum Gasteiger partial charge on any atom is 0.129 e. The van der Waals surface area contributed by atoms with Crippen LogP contribution in [0.2, 0.25) is 0 Å². The second-order valence-corrected chi connectivity index (χ2v) is 7.21. The van der Waals surface area contributed by atoms with Gasteiger partial charge in [-0.15, -0.1) is 24.8 Å². The van der Waals surface area contributed by atoms with Crippen LogP contribution in [0.3, 0.4) is 0 Å². The van der Waals surface area contributed by atoms with Crippen LogP contribution in [0.5, 0.6) is 0 Å². The molecule has 0 aromatic heterocycles. The van der Waals surface area contributed by atoms with Gasteiger partial charge in [-0.3, -0.25) is 4.90 Å². The zero-order valence-electron chi connectivity index (χ0n) is 13.3. The third kappa shape index (κ3) is 5.30. The Labute approximate surface area is 159 Å². The van der Waals surface area contributed by atoms with Crippen molar-refractivity contribution in [1.29, 1.82) is 0 Å². The second-order valence-electron chi connectivity index (χ2n) is 6.29. The Bertz CT molecular complexity index is 460. The highest BCUT2D eigenvalue weighted by Crippen LogP contribution is 2.39. The Balaban J connectivity index is 0.00000132. The van der Waals surface area contributed by atoms with Crippen molar-refractivity contribution in [3.05, 3.63) is 34.1 Å². The molecule has 1 aliphatic carbocycles. The highest BCUT2D eigenvalue weighted by atomic mass is 79.9. The Morgan fingerprint density at radius 2 is 1.74 bits per heavy atom. The van der Waals surface area contributed by atoms with Crippen LogP contribution in [0.1, 0.15) is 43.7 Å². The molecular formula is C17H26BrCl2FN2. The first-order valence-corrected chi connectivity index (χ1v) is 8.95. The standard InChI is InChI=1S/C17H24BrFN2.2ClH/c18-14-6-7-15(16(19)12-14)17(13-4-2-1-3-5-13)21-10-8-20-9-11-21;;/h6-7,12-13,17,20H,1-5,8-11H2;2*1H/t17-;;/m0../s1. The molecule has 0 spiro atoms. The number of hydrogen-bond acceptors (Lipinski definition) is 2. The van der Waals surface area contributed by atoms with Gasteiger partial charge in [-0.25, -0.2) is 4.39 Å². The quantitative estimate of drug-likeness (QED) is 0.733. The molecule has 2 aliphatic rings. The predicted molar refractivity (Wildman–Crippen MR) is 102 cm³/mol. The first-order chi connectivity index (χ1) is 10.3. The fraction of sp³-hybridized carbons (Fsp3) is 0.647. The highest BCUT2D eigenvalue weighted by molar-refractivity contribution is 9.10. The average molecular weight is 428 g/mol. The first kappa shape index (κ1) is 21.2. The fourth-order valence-electron chi connectivity index (χ4n) is 3.90. The smallest absolute Gasteiger partial charge is 0.129 e. The zero-order valence-corrected chi connectivity index (χ0v) is 16.5. The zero-order chi connectivity index (χ0) is 14.7. The lowest BCUT2D eigenvalue weighted by Crippen LogP contribution is -2.47. The summed E-state index contributed by atoms with van der Waals surface area (Å²) in [6, 6.07) is 5.84. The van der Waals surface area contributed by atoms with Crippen LogP contribution in [0, 0.1) is 11.7 Å². The number of nitrogens with one attached hydrogen (secondary N) is 1. The van der Waals surface area contributed by atoms with Crippen LogP contribution in [0.25, 0.3) is 0 Å². The molecule has 6 heteroatoms. The summed E-state index contributed by atoms with van der Waals surface area (Å²) in [5.74, 6) is 0.547. The summed E-state index contributed by atoms with van der Waals surface area (Å²) in [5, 5.41) is 3.40. The Morgan fingerprint density at radius 1 is 1.09 bits per heavy atom. The average Bonchev–Trinajstić information content (AvgIpc) is 2.52. The molecule has 1 heterocycles. The van der Waals surface area contributed by atoms with Crippen molar-refractivity contribution in [1.82, 2.24) is 10.2 Å². The largest absolute Gasteiger partial charge is 0.314 e. The van der Waals surface area contributed by atoms with Crippen LogP contribution in [-0.2, 0) is 0 Å². The van der Waals surface area contributed by atoms with E-state index in [-0.39, 0.29) is 36.7 Å². The van der Waals surface area contributed by atoms with Crippen molar-refractivity contribution in [3.8, 4) is 0 Å². The van der Waals surface area contributed by atoms with Gasteiger partial charge in [0, 0.05) is 42.3 Å². The lowest BCUT2D eigenvalue weighted by atomic mass is 9.80. The molecule has 1 aromatic rings. The molecule has 23 heavy (non-hydrogen) atoms. The predicted octanol–water partition coefficient (Wildman–Crippen LogP) is 4.96. The van der Waals surface area contributed by atoms with Gasteiger partial charge in [0.2, 0.25) is 0 Å². The van der Waals surface area contributed by atoms with E-state index in [1.54, 1.807) is 6.07 Å². The van der Waals surface area contributed by atoms with Crippen LogP contribution >= 0.6 is 40.7 Å². The van der Waals surface area contributed by atoms with Crippen molar-refractivity contribution in [2.24, 2.45) is 5.92 Å². The summed E-state index contributed by atoms with van der Waals surface area (Å²) in [6.07, 6.45) is 6.42. The van der Waals surface area contributed by atoms with Gasteiger partial charge in [0.15, 0.2) is 0 Å². The Morgan fingerprint density at radius 3 is 2.35 bits per heavy atom. The summed E-state index contributed by atoms with van der Waals surface area (Å²) in [6.45, 7) is 4.08. The SMILES string of the molecule is Cl.Cl.Fc1cc(Br)ccc1[C@H](C1CCCCC1)N1CCNCC1. The van der Waals surface area contributed by atoms with E-state index < -0.39 is 0 Å². The number of piperazine rings is 1. The third-order valence-electron chi connectivity index (χ3n) is 4.92. The van der Waals surface area contributed by atoms with Gasteiger partial charge in [0.25, 0.3) is 0 Å². The van der Waals surface area contributed by atoms with Crippen LogP contribution < -0.4 is 5.32 Å². The lowest BCUT2D eigenvalue weighted by molar-refractivity contribution is 0.101. The molecule has 1 saturated heterocycles. The van der Waals surface area contributed by atoms with Crippen LogP contribution in [0.15, 0.2) is 22.7 Å². The van der Waals surface area contributed by atoms with E-state index in [0.29, 0.717) is 5.92 Å². The van der Waals surface area contributed by atoms with E-state index >= 15 is 0 Å². The van der Waals surface area contributed by atoms with Gasteiger partial charge < -0.3 is 5.32 Å². The van der Waals surface area contributed by atoms with Gasteiger partial charge in [-0.2, -0.15) is 0 Å². The highest BCUT2D eigenvalue weighted by Gasteiger charge is 2.32. The number of halogens is 4. The van der Waals surface area contributed by atoms with Gasteiger partial charge in [0.1, 0.15) is 5.82 Å². The summed E-state index contributed by atoms with van der Waals surface area (Å²) < 4.78 is 15.4. The second kappa shape index (κ2) is 10.2. The topological polar surface area (TPSA) is 15.3 Å². The molecule has 0 bridgehead atoms. The van der Waals surface area contributed by atoms with E-state index in [2.05, 4.69) is 26.1 Å². The first-order valence-electron chi connectivity index (χ1n) is 8.15. The van der Waals surface area contributed by atoms with E-state index in [9.17, 15) is 4.39 Å². The fourth-order valence-corrected chi connectivity index (χ4v) is 4.23. The van der Waals surface area contributed by atoms with Crippen LogP contribution in [0.4, 0.5) is 4.39 Å². The van der Waals surface area contributed by atoms with Gasteiger partial charge in [0.05, 0.1) is 0 Å². The summed E-state index contributed by atoms with van der Waals surface area (Å²) in [4.78, 5) is 2.50. The molecule has 2 fully saturated rings. The van der Waals surface area contributed by atoms with Gasteiger partial charge >= 0.3 is 0 Å². The number of hydrogen-bond donors (Lipinski definition) is 1. The third-order valence-corrected chi connectivity index (χ3v) is 5.42. The van der Waals surface area contributed by atoms with Crippen LogP contribution in [-0.4, -0.2) is 31.1 Å². The lowest BCUT2D eigenvalue weighted by Gasteiger charge is -2.41. The van der Waals surface area contributed by atoms with Gasteiger partial charge in [-0.1, -0.05) is 41.3 Å². The van der Waals surface area contributed by atoms with Crippen molar-refractivity contribution < 1.29 is 4.39 Å². The van der Waals surface area contributed by atoms with Crippen molar-refractivity contribution >= 4 is 40.7 Å². The minimum Gasteiger partial charge on any atom is -0.314 e. The summed E-state index contributed by atoms with van der Waals surface area (Å²) >= 11 is 3.37. The Hall–Kier alpha value is 0.130. The van der Waals surface area contributed by atoms with Gasteiger partial charge in [-0.05, 0) is 30.9 Å². The molecule has 132 valence electrons. The molecule has 2 nitrogen and oxygen atoms in total. The monoisotopic (exact) mass is 426 g/mol. The van der Waals surface area contributed by atoms with Crippen molar-refractivity contribution in [2.45, 2.75) is 38.1 Å². The van der Waals surface area contributed by atoms with Crippen molar-refractivity contribution in [2.75, 3.05) is 26.2 Å². The maximum absolute atomic E-state index is 14.5. The molecule has 1 saturated carbocycles. The van der Waals surface area contributed by atoms with E-state index in [4.69, 9.17) is 0 Å². The minimum absolute atomic E-state index is 0. The molecule has 0 unspecified atom stereocenters. The van der Waals surface area contributed by atoms with E-state index in [1.165, 1.54) is 32.1 Å². The van der Waals surface area contributed by atoms with Crippen molar-refractivity contribution in [3.63, 3.8) is 0 Å². The van der Waals surface area contributed by atoms with E-state index in [1.807, 2.05) is 12.1 Å². The molecule has 1 aliphatic heterocycles. The molecular weight excluding hydrogens is 402 g/mol. The summed E-state index contributed by atoms with van der Waals surface area (Å²) in [5.41, 5.74) is 0.895. The maximum atomic E-state index is 14.5. The molecule has 0 radical (unpaired) electrons. The molecule has 1 atom stereocenters. The number of benzene rings is 1. The Kier molecular flexibility index (Phi) is 9.39. The minimum atomic E-state index is -0.0570. The summed E-state index contributed by atoms with van der Waals surface area (Å²) in [7, 11) is 0. The molecule has 3 rings (SSSR count). The molecule has 0 amide bonds. The normalized spacial score (nSPS) is 21.1. The molecule has 1 N–H and O–H groups in total. The number of rotatable bonds is 3. The molecule has 1 aromatic carbocycles. The number of nitrogens with zero attached hydrogens (tertiary/aromatic N) is 1. The van der Waals surface area contributed by atoms with E-state index in [0.717, 1.165) is 36.2 Å².